The molecule has 174 valence electrons. The van der Waals surface area contributed by atoms with Gasteiger partial charge in [-0.25, -0.2) is 9.50 Å². The summed E-state index contributed by atoms with van der Waals surface area (Å²) in [4.78, 5) is 33.7. The Hall–Kier alpha value is -3.65. The number of fused-ring (bicyclic) bond motifs is 1. The first kappa shape index (κ1) is 22.2. The van der Waals surface area contributed by atoms with Crippen molar-refractivity contribution in [1.82, 2.24) is 24.1 Å². The zero-order valence-corrected chi connectivity index (χ0v) is 19.8. The maximum Gasteiger partial charge on any atom is 0.282 e. The minimum absolute atomic E-state index is 0.101. The standard InChI is InChI=1S/C25H25ClN6O2/c1-3-30(17(2)33)22-10-11-29(15-22)24-9-8-21(13-27-24)31-16-28-32-14-19(12-23(32)25(31)34)18-4-6-20(26)7-5-18/h4-9,12-14,16,22H,3,10-11,15H2,1-2H3. The number of hydrogen-bond acceptors (Lipinski definition) is 5. The molecule has 5 rings (SSSR count). The molecule has 8 nitrogen and oxygen atoms in total. The number of likely N-dealkylation sites (N-methyl/N-ethyl adjacent to an activating group) is 1. The SMILES string of the molecule is CCN(C(C)=O)C1CCN(c2ccc(-n3cnn4cc(-c5ccc(Cl)cc5)cc4c3=O)cn2)C1. The maximum absolute atomic E-state index is 13.2. The van der Waals surface area contributed by atoms with Crippen LogP contribution in [0.15, 0.2) is 66.0 Å². The van der Waals surface area contributed by atoms with Gasteiger partial charge in [-0.05, 0) is 49.2 Å². The quantitative estimate of drug-likeness (QED) is 0.439. The average molecular weight is 477 g/mol. The van der Waals surface area contributed by atoms with Crippen molar-refractivity contribution >= 4 is 28.8 Å². The maximum atomic E-state index is 13.2. The van der Waals surface area contributed by atoms with E-state index in [1.807, 2.05) is 60.5 Å². The van der Waals surface area contributed by atoms with Crippen molar-refractivity contribution in [2.24, 2.45) is 0 Å². The van der Waals surface area contributed by atoms with Crippen LogP contribution in [0.5, 0.6) is 0 Å². The molecule has 0 aliphatic carbocycles. The number of amides is 1. The highest BCUT2D eigenvalue weighted by Crippen LogP contribution is 2.24. The third kappa shape index (κ3) is 4.05. The van der Waals surface area contributed by atoms with Gasteiger partial charge in [0, 0.05) is 43.3 Å². The van der Waals surface area contributed by atoms with Crippen LogP contribution in [0.1, 0.15) is 20.3 Å². The molecule has 0 saturated carbocycles. The van der Waals surface area contributed by atoms with Gasteiger partial charge in [0.2, 0.25) is 5.91 Å². The summed E-state index contributed by atoms with van der Waals surface area (Å²) in [6, 6.07) is 13.3. The number of carbonyl (C=O) groups excluding carboxylic acids is 1. The molecule has 3 aromatic heterocycles. The molecule has 0 bridgehead atoms. The fourth-order valence-electron chi connectivity index (χ4n) is 4.62. The molecular weight excluding hydrogens is 452 g/mol. The van der Waals surface area contributed by atoms with Gasteiger partial charge in [0.25, 0.3) is 5.56 Å². The Kier molecular flexibility index (Phi) is 5.83. The molecule has 1 amide bonds. The Morgan fingerprint density at radius 1 is 1.18 bits per heavy atom. The molecule has 1 atom stereocenters. The number of carbonyl (C=O) groups is 1. The lowest BCUT2D eigenvalue weighted by molar-refractivity contribution is -0.130. The highest BCUT2D eigenvalue weighted by atomic mass is 35.5. The predicted molar refractivity (Wildman–Crippen MR) is 133 cm³/mol. The van der Waals surface area contributed by atoms with Crippen LogP contribution in [-0.4, -0.2) is 55.6 Å². The first-order valence-corrected chi connectivity index (χ1v) is 11.7. The van der Waals surface area contributed by atoms with Crippen LogP contribution >= 0.6 is 11.6 Å². The van der Waals surface area contributed by atoms with E-state index < -0.39 is 0 Å². The van der Waals surface area contributed by atoms with Gasteiger partial charge in [-0.1, -0.05) is 23.7 Å². The predicted octanol–water partition coefficient (Wildman–Crippen LogP) is 3.65. The van der Waals surface area contributed by atoms with Crippen LogP contribution in [0.3, 0.4) is 0 Å². The number of pyridine rings is 1. The molecule has 0 spiro atoms. The summed E-state index contributed by atoms with van der Waals surface area (Å²) in [6.45, 7) is 5.92. The summed E-state index contributed by atoms with van der Waals surface area (Å²) in [5.74, 6) is 0.935. The van der Waals surface area contributed by atoms with E-state index in [2.05, 4.69) is 15.0 Å². The first-order chi connectivity index (χ1) is 16.4. The summed E-state index contributed by atoms with van der Waals surface area (Å²) in [6.07, 6.45) is 5.94. The van der Waals surface area contributed by atoms with Gasteiger partial charge in [-0.3, -0.25) is 14.2 Å². The number of anilines is 1. The van der Waals surface area contributed by atoms with E-state index in [9.17, 15) is 9.59 Å². The van der Waals surface area contributed by atoms with Crippen LogP contribution in [0, 0.1) is 0 Å². The molecule has 1 unspecified atom stereocenters. The van der Waals surface area contributed by atoms with Crippen molar-refractivity contribution in [3.8, 4) is 16.8 Å². The number of nitrogens with zero attached hydrogens (tertiary/aromatic N) is 6. The molecule has 9 heteroatoms. The number of rotatable bonds is 5. The molecule has 0 radical (unpaired) electrons. The smallest absolute Gasteiger partial charge is 0.282 e. The minimum atomic E-state index is -0.175. The van der Waals surface area contributed by atoms with Gasteiger partial charge >= 0.3 is 0 Å². The molecule has 1 aliphatic heterocycles. The van der Waals surface area contributed by atoms with Gasteiger partial charge < -0.3 is 9.80 Å². The Morgan fingerprint density at radius 2 is 1.97 bits per heavy atom. The van der Waals surface area contributed by atoms with Crippen LogP contribution in [0.4, 0.5) is 5.82 Å². The molecular formula is C25H25ClN6O2. The van der Waals surface area contributed by atoms with E-state index in [0.29, 0.717) is 22.8 Å². The van der Waals surface area contributed by atoms with Gasteiger partial charge in [-0.2, -0.15) is 5.10 Å². The number of aromatic nitrogens is 4. The lowest BCUT2D eigenvalue weighted by Crippen LogP contribution is -2.40. The second-order valence-electron chi connectivity index (χ2n) is 8.44. The molecule has 1 aromatic carbocycles. The van der Waals surface area contributed by atoms with E-state index >= 15 is 0 Å². The Bertz CT molecular complexity index is 1390. The van der Waals surface area contributed by atoms with Gasteiger partial charge in [0.05, 0.1) is 17.9 Å². The van der Waals surface area contributed by atoms with E-state index in [0.717, 1.165) is 36.5 Å². The van der Waals surface area contributed by atoms with Crippen LogP contribution in [0.2, 0.25) is 5.02 Å². The largest absolute Gasteiger partial charge is 0.354 e. The molecule has 1 saturated heterocycles. The van der Waals surface area contributed by atoms with Crippen molar-refractivity contribution in [2.45, 2.75) is 26.3 Å². The van der Waals surface area contributed by atoms with Crippen LogP contribution < -0.4 is 10.5 Å². The Labute approximate surface area is 202 Å². The van der Waals surface area contributed by atoms with Gasteiger partial charge in [-0.15, -0.1) is 0 Å². The lowest BCUT2D eigenvalue weighted by atomic mass is 10.1. The van der Waals surface area contributed by atoms with E-state index in [1.54, 1.807) is 17.6 Å². The second kappa shape index (κ2) is 8.95. The highest BCUT2D eigenvalue weighted by molar-refractivity contribution is 6.30. The van der Waals surface area contributed by atoms with Crippen molar-refractivity contribution in [1.29, 1.82) is 0 Å². The van der Waals surface area contributed by atoms with Crippen LogP contribution in [-0.2, 0) is 4.79 Å². The fourth-order valence-corrected chi connectivity index (χ4v) is 4.75. The summed E-state index contributed by atoms with van der Waals surface area (Å²) in [5, 5.41) is 5.08. The molecule has 1 fully saturated rings. The summed E-state index contributed by atoms with van der Waals surface area (Å²) < 4.78 is 3.09. The Balaban J connectivity index is 1.39. The fraction of sp³-hybridized carbons (Fsp3) is 0.280. The van der Waals surface area contributed by atoms with Crippen LogP contribution in [0.25, 0.3) is 22.3 Å². The molecule has 0 N–H and O–H groups in total. The zero-order valence-electron chi connectivity index (χ0n) is 19.1. The number of hydrogen-bond donors (Lipinski definition) is 0. The van der Waals surface area contributed by atoms with E-state index in [1.165, 1.54) is 10.9 Å². The molecule has 34 heavy (non-hydrogen) atoms. The van der Waals surface area contributed by atoms with Gasteiger partial charge in [0.1, 0.15) is 17.7 Å². The zero-order chi connectivity index (χ0) is 23.8. The average Bonchev–Trinajstić information content (AvgIpc) is 3.49. The van der Waals surface area contributed by atoms with Crippen molar-refractivity contribution in [2.75, 3.05) is 24.5 Å². The van der Waals surface area contributed by atoms with Crippen molar-refractivity contribution < 1.29 is 4.79 Å². The molecule has 4 heterocycles. The first-order valence-electron chi connectivity index (χ1n) is 11.3. The topological polar surface area (TPSA) is 75.7 Å². The van der Waals surface area contributed by atoms with Crippen molar-refractivity contribution in [3.05, 3.63) is 76.6 Å². The lowest BCUT2D eigenvalue weighted by Gasteiger charge is -2.26. The Morgan fingerprint density at radius 3 is 2.65 bits per heavy atom. The summed E-state index contributed by atoms with van der Waals surface area (Å²) in [7, 11) is 0. The van der Waals surface area contributed by atoms with E-state index in [-0.39, 0.29) is 17.5 Å². The van der Waals surface area contributed by atoms with Crippen molar-refractivity contribution in [3.63, 3.8) is 0 Å². The summed E-state index contributed by atoms with van der Waals surface area (Å²) >= 11 is 5.99. The number of halogens is 1. The monoisotopic (exact) mass is 476 g/mol. The third-order valence-electron chi connectivity index (χ3n) is 6.39. The normalized spacial score (nSPS) is 15.7. The second-order valence-corrected chi connectivity index (χ2v) is 8.88. The minimum Gasteiger partial charge on any atom is -0.354 e. The summed E-state index contributed by atoms with van der Waals surface area (Å²) in [5.41, 5.74) is 2.80. The number of benzene rings is 1. The van der Waals surface area contributed by atoms with E-state index in [4.69, 9.17) is 11.6 Å². The molecule has 1 aliphatic rings. The third-order valence-corrected chi connectivity index (χ3v) is 6.64. The molecule has 4 aromatic rings. The van der Waals surface area contributed by atoms with Gasteiger partial charge in [0.15, 0.2) is 0 Å². The highest BCUT2D eigenvalue weighted by Gasteiger charge is 2.29.